The monoisotopic (exact) mass is 359 g/mol. The molecule has 3 aromatic carbocycles. The van der Waals surface area contributed by atoms with Crippen LogP contribution in [0.4, 0.5) is 10.5 Å². The highest BCUT2D eigenvalue weighted by molar-refractivity contribution is 8.14. The first-order valence-electron chi connectivity index (χ1n) is 8.41. The van der Waals surface area contributed by atoms with Crippen LogP contribution in [-0.4, -0.2) is 16.9 Å². The van der Waals surface area contributed by atoms with E-state index < -0.39 is 5.41 Å². The van der Waals surface area contributed by atoms with E-state index in [0.717, 1.165) is 11.1 Å². The van der Waals surface area contributed by atoms with Crippen molar-refractivity contribution in [3.63, 3.8) is 0 Å². The predicted octanol–water partition coefficient (Wildman–Crippen LogP) is 4.87. The lowest BCUT2D eigenvalue weighted by atomic mass is 9.74. The maximum atomic E-state index is 13.8. The summed E-state index contributed by atoms with van der Waals surface area (Å²) in [5.41, 5.74) is 1.51. The molecule has 0 atom stereocenters. The van der Waals surface area contributed by atoms with E-state index in [4.69, 9.17) is 0 Å². The van der Waals surface area contributed by atoms with Crippen molar-refractivity contribution in [1.29, 1.82) is 0 Å². The van der Waals surface area contributed by atoms with Crippen LogP contribution in [0.25, 0.3) is 0 Å². The molecule has 0 radical (unpaired) electrons. The van der Waals surface area contributed by atoms with Gasteiger partial charge in [-0.1, -0.05) is 90.6 Å². The summed E-state index contributed by atoms with van der Waals surface area (Å²) >= 11 is 1.19. The highest BCUT2D eigenvalue weighted by Crippen LogP contribution is 2.43. The number of imide groups is 1. The van der Waals surface area contributed by atoms with Crippen LogP contribution in [-0.2, 0) is 10.2 Å². The highest BCUT2D eigenvalue weighted by Gasteiger charge is 2.50. The molecule has 1 fully saturated rings. The van der Waals surface area contributed by atoms with Crippen molar-refractivity contribution in [2.45, 2.75) is 5.41 Å². The molecule has 2 amide bonds. The van der Waals surface area contributed by atoms with Crippen LogP contribution in [0.3, 0.4) is 0 Å². The van der Waals surface area contributed by atoms with Gasteiger partial charge in [0.25, 0.3) is 5.24 Å². The second-order valence-electron chi connectivity index (χ2n) is 6.17. The van der Waals surface area contributed by atoms with Gasteiger partial charge in [0, 0.05) is 5.75 Å². The molecule has 4 heteroatoms. The lowest BCUT2D eigenvalue weighted by molar-refractivity contribution is -0.121. The van der Waals surface area contributed by atoms with E-state index in [1.807, 2.05) is 78.9 Å². The van der Waals surface area contributed by atoms with Gasteiger partial charge in [-0.2, -0.15) is 0 Å². The molecule has 0 N–H and O–H groups in total. The van der Waals surface area contributed by atoms with Gasteiger partial charge in [0.1, 0.15) is 5.41 Å². The average molecular weight is 359 g/mol. The molecule has 1 saturated heterocycles. The maximum absolute atomic E-state index is 13.8. The summed E-state index contributed by atoms with van der Waals surface area (Å²) in [6.45, 7) is 0. The summed E-state index contributed by atoms with van der Waals surface area (Å²) < 4.78 is 0. The van der Waals surface area contributed by atoms with Gasteiger partial charge in [-0.25, -0.2) is 4.90 Å². The zero-order valence-electron chi connectivity index (χ0n) is 14.0. The molecule has 0 aromatic heterocycles. The van der Waals surface area contributed by atoms with Gasteiger partial charge >= 0.3 is 0 Å². The zero-order valence-corrected chi connectivity index (χ0v) is 14.9. The minimum Gasteiger partial charge on any atom is -0.273 e. The third-order valence-corrected chi connectivity index (χ3v) is 5.72. The minimum absolute atomic E-state index is 0.204. The number of anilines is 1. The van der Waals surface area contributed by atoms with Crippen LogP contribution in [0.1, 0.15) is 11.1 Å². The zero-order chi connectivity index (χ0) is 18.0. The number of hydrogen-bond acceptors (Lipinski definition) is 3. The number of thioether (sulfide) groups is 1. The molecule has 26 heavy (non-hydrogen) atoms. The molecule has 0 spiro atoms. The Hall–Kier alpha value is -2.85. The molecule has 3 nitrogen and oxygen atoms in total. The molecule has 0 aliphatic carbocycles. The van der Waals surface area contributed by atoms with Gasteiger partial charge in [-0.15, -0.1) is 0 Å². The Morgan fingerprint density at radius 3 is 1.65 bits per heavy atom. The summed E-state index contributed by atoms with van der Waals surface area (Å²) in [5, 5.41) is -0.233. The van der Waals surface area contributed by atoms with Crippen LogP contribution in [0, 0.1) is 0 Å². The van der Waals surface area contributed by atoms with Crippen molar-refractivity contribution in [3.05, 3.63) is 102 Å². The first-order chi connectivity index (χ1) is 12.7. The van der Waals surface area contributed by atoms with Crippen LogP contribution in [0.2, 0.25) is 0 Å². The standard InChI is InChI=1S/C22H17NO2S/c24-20-22(17-10-4-1-5-11-17,18-12-6-2-7-13-18)16-26-21(25)23(20)19-14-8-3-9-15-19/h1-15H,16H2. The van der Waals surface area contributed by atoms with Gasteiger partial charge in [0.2, 0.25) is 5.91 Å². The fraction of sp³-hybridized carbons (Fsp3) is 0.0909. The lowest BCUT2D eigenvalue weighted by Gasteiger charge is -2.40. The van der Waals surface area contributed by atoms with Crippen molar-refractivity contribution < 1.29 is 9.59 Å². The van der Waals surface area contributed by atoms with Gasteiger partial charge in [-0.05, 0) is 23.3 Å². The third-order valence-electron chi connectivity index (χ3n) is 4.71. The van der Waals surface area contributed by atoms with E-state index in [1.165, 1.54) is 16.7 Å². The molecule has 4 rings (SSSR count). The van der Waals surface area contributed by atoms with Crippen LogP contribution < -0.4 is 4.90 Å². The van der Waals surface area contributed by atoms with E-state index >= 15 is 0 Å². The lowest BCUT2D eigenvalue weighted by Crippen LogP contribution is -2.55. The Kier molecular flexibility index (Phi) is 4.35. The first kappa shape index (κ1) is 16.6. The molecular weight excluding hydrogens is 342 g/mol. The average Bonchev–Trinajstić information content (AvgIpc) is 2.71. The molecule has 0 unspecified atom stereocenters. The molecule has 0 saturated carbocycles. The summed E-state index contributed by atoms with van der Waals surface area (Å²) in [6.07, 6.45) is 0. The van der Waals surface area contributed by atoms with Crippen LogP contribution in [0.5, 0.6) is 0 Å². The molecule has 1 aliphatic rings. The predicted molar refractivity (Wildman–Crippen MR) is 105 cm³/mol. The van der Waals surface area contributed by atoms with E-state index in [-0.39, 0.29) is 11.1 Å². The van der Waals surface area contributed by atoms with Crippen LogP contribution in [0.15, 0.2) is 91.0 Å². The molecular formula is C22H17NO2S. The maximum Gasteiger partial charge on any atom is 0.292 e. The van der Waals surface area contributed by atoms with Gasteiger partial charge in [0.05, 0.1) is 5.69 Å². The first-order valence-corrected chi connectivity index (χ1v) is 9.39. The smallest absolute Gasteiger partial charge is 0.273 e. The number of amides is 2. The number of carbonyl (C=O) groups is 2. The number of nitrogens with zero attached hydrogens (tertiary/aromatic N) is 1. The SMILES string of the molecule is O=C1SCC(c2ccccc2)(c2ccccc2)C(=O)N1c1ccccc1. The third kappa shape index (κ3) is 2.63. The van der Waals surface area contributed by atoms with Gasteiger partial charge < -0.3 is 0 Å². The summed E-state index contributed by atoms with van der Waals surface area (Å²) in [5.74, 6) is 0.187. The quantitative estimate of drug-likeness (QED) is 0.669. The largest absolute Gasteiger partial charge is 0.292 e. The second kappa shape index (κ2) is 6.81. The van der Waals surface area contributed by atoms with Crippen molar-refractivity contribution in [2.75, 3.05) is 10.7 Å². The van der Waals surface area contributed by atoms with Crippen molar-refractivity contribution in [1.82, 2.24) is 0 Å². The van der Waals surface area contributed by atoms with E-state index in [9.17, 15) is 9.59 Å². The molecule has 3 aromatic rings. The fourth-order valence-electron chi connectivity index (χ4n) is 3.40. The fourth-order valence-corrected chi connectivity index (χ4v) is 4.51. The van der Waals surface area contributed by atoms with Gasteiger partial charge in [0.15, 0.2) is 0 Å². The molecule has 1 aliphatic heterocycles. The van der Waals surface area contributed by atoms with Crippen molar-refractivity contribution in [2.24, 2.45) is 0 Å². The summed E-state index contributed by atoms with van der Waals surface area (Å²) in [6, 6.07) is 28.6. The Bertz CT molecular complexity index is 887. The number of hydrogen-bond donors (Lipinski definition) is 0. The summed E-state index contributed by atoms with van der Waals surface area (Å²) in [7, 11) is 0. The molecule has 1 heterocycles. The number of benzene rings is 3. The number of para-hydroxylation sites is 1. The Balaban J connectivity index is 1.92. The van der Waals surface area contributed by atoms with Crippen molar-refractivity contribution in [3.8, 4) is 0 Å². The second-order valence-corrected chi connectivity index (χ2v) is 7.09. The Morgan fingerprint density at radius 2 is 1.15 bits per heavy atom. The highest BCUT2D eigenvalue weighted by atomic mass is 32.2. The van der Waals surface area contributed by atoms with Gasteiger partial charge in [-0.3, -0.25) is 9.59 Å². The van der Waals surface area contributed by atoms with Crippen molar-refractivity contribution >= 4 is 28.6 Å². The van der Waals surface area contributed by atoms with Crippen LogP contribution >= 0.6 is 11.8 Å². The summed E-state index contributed by atoms with van der Waals surface area (Å²) in [4.78, 5) is 27.7. The Morgan fingerprint density at radius 1 is 0.692 bits per heavy atom. The van der Waals surface area contributed by atoms with E-state index in [1.54, 1.807) is 12.1 Å². The van der Waals surface area contributed by atoms with E-state index in [2.05, 4.69) is 0 Å². The van der Waals surface area contributed by atoms with E-state index in [0.29, 0.717) is 11.4 Å². The normalized spacial score (nSPS) is 16.5. The number of rotatable bonds is 3. The molecule has 128 valence electrons. The Labute approximate surface area is 156 Å². The minimum atomic E-state index is -0.892. The number of carbonyl (C=O) groups excluding carboxylic acids is 2. The molecule has 0 bridgehead atoms. The topological polar surface area (TPSA) is 37.4 Å².